The summed E-state index contributed by atoms with van der Waals surface area (Å²) in [5, 5.41) is 2.81. The van der Waals surface area contributed by atoms with E-state index >= 15 is 0 Å². The summed E-state index contributed by atoms with van der Waals surface area (Å²) in [6, 6.07) is 3.07. The van der Waals surface area contributed by atoms with Gasteiger partial charge in [-0.05, 0) is 32.9 Å². The third-order valence-electron chi connectivity index (χ3n) is 3.61. The van der Waals surface area contributed by atoms with Crippen LogP contribution in [0.5, 0.6) is 0 Å². The first-order chi connectivity index (χ1) is 11.0. The summed E-state index contributed by atoms with van der Waals surface area (Å²) in [5.74, 6) is 0.630. The van der Waals surface area contributed by atoms with Crippen LogP contribution in [0, 0.1) is 6.92 Å². The quantitative estimate of drug-likeness (QED) is 0.809. The van der Waals surface area contributed by atoms with E-state index < -0.39 is 6.04 Å². The summed E-state index contributed by atoms with van der Waals surface area (Å²) in [5.41, 5.74) is 7.27. The molecule has 0 unspecified atom stereocenters. The second-order valence-corrected chi connectivity index (χ2v) is 5.88. The van der Waals surface area contributed by atoms with Crippen LogP contribution in [0.15, 0.2) is 12.1 Å². The maximum absolute atomic E-state index is 12.1. The highest BCUT2D eigenvalue weighted by atomic mass is 16.5. The zero-order valence-electron chi connectivity index (χ0n) is 14.0. The zero-order valence-corrected chi connectivity index (χ0v) is 14.0. The lowest BCUT2D eigenvalue weighted by Crippen LogP contribution is -2.40. The number of pyridine rings is 1. The maximum atomic E-state index is 12.1. The molecule has 0 bridgehead atoms. The Morgan fingerprint density at radius 1 is 1.43 bits per heavy atom. The molecule has 1 atom stereocenters. The molecule has 1 amide bonds. The van der Waals surface area contributed by atoms with Crippen molar-refractivity contribution in [2.45, 2.75) is 32.9 Å². The highest BCUT2D eigenvalue weighted by Crippen LogP contribution is 2.19. The second kappa shape index (κ2) is 8.24. The molecule has 23 heavy (non-hydrogen) atoms. The zero-order chi connectivity index (χ0) is 16.8. The maximum Gasteiger partial charge on any atom is 0.243 e. The lowest BCUT2D eigenvalue weighted by Gasteiger charge is -2.28. The van der Waals surface area contributed by atoms with Crippen molar-refractivity contribution >= 4 is 17.4 Å². The number of nitrogens with zero attached hydrogens (tertiary/aromatic N) is 2. The van der Waals surface area contributed by atoms with Crippen LogP contribution in [-0.2, 0) is 14.3 Å². The molecule has 3 N–H and O–H groups in total. The summed E-state index contributed by atoms with van der Waals surface area (Å²) in [7, 11) is 0. The highest BCUT2D eigenvalue weighted by molar-refractivity contribution is 5.95. The second-order valence-electron chi connectivity index (χ2n) is 5.88. The van der Waals surface area contributed by atoms with Gasteiger partial charge in [0.25, 0.3) is 0 Å². The van der Waals surface area contributed by atoms with E-state index in [0.717, 1.165) is 24.6 Å². The average molecular weight is 322 g/mol. The number of hydrogen-bond donors (Lipinski definition) is 2. The predicted molar refractivity (Wildman–Crippen MR) is 89.7 cm³/mol. The standard InChI is InChI=1S/C16H26N4O3/c1-11(2)23-10-13(17)16(21)19-14-4-5-15(18-12(14)3)20-6-8-22-9-7-20/h4-5,11,13H,6-10,17H2,1-3H3,(H,19,21)/t13-/m0/s1. The van der Waals surface area contributed by atoms with Gasteiger partial charge in [-0.15, -0.1) is 0 Å². The molecule has 2 rings (SSSR count). The molecular weight excluding hydrogens is 296 g/mol. The van der Waals surface area contributed by atoms with E-state index in [-0.39, 0.29) is 18.6 Å². The van der Waals surface area contributed by atoms with Crippen molar-refractivity contribution in [1.29, 1.82) is 0 Å². The van der Waals surface area contributed by atoms with Crippen LogP contribution in [0.2, 0.25) is 0 Å². The molecule has 1 aromatic rings. The minimum atomic E-state index is -0.698. The van der Waals surface area contributed by atoms with Crippen molar-refractivity contribution in [3.63, 3.8) is 0 Å². The Bertz CT molecular complexity index is 530. The molecule has 128 valence electrons. The van der Waals surface area contributed by atoms with E-state index in [0.29, 0.717) is 18.9 Å². The van der Waals surface area contributed by atoms with Gasteiger partial charge < -0.3 is 25.4 Å². The van der Waals surface area contributed by atoms with Crippen LogP contribution < -0.4 is 16.0 Å². The molecule has 1 aromatic heterocycles. The molecule has 1 aliphatic rings. The Morgan fingerprint density at radius 3 is 2.74 bits per heavy atom. The van der Waals surface area contributed by atoms with Gasteiger partial charge in [-0.25, -0.2) is 4.98 Å². The number of anilines is 2. The van der Waals surface area contributed by atoms with Crippen molar-refractivity contribution in [1.82, 2.24) is 4.98 Å². The lowest BCUT2D eigenvalue weighted by molar-refractivity contribution is -0.119. The van der Waals surface area contributed by atoms with E-state index in [1.54, 1.807) is 0 Å². The fourth-order valence-electron chi connectivity index (χ4n) is 2.25. The van der Waals surface area contributed by atoms with Crippen molar-refractivity contribution in [3.05, 3.63) is 17.8 Å². The number of ether oxygens (including phenoxy) is 2. The average Bonchev–Trinajstić information content (AvgIpc) is 2.55. The van der Waals surface area contributed by atoms with Gasteiger partial charge in [-0.1, -0.05) is 0 Å². The van der Waals surface area contributed by atoms with Crippen LogP contribution >= 0.6 is 0 Å². The summed E-state index contributed by atoms with van der Waals surface area (Å²) in [4.78, 5) is 18.8. The molecule has 0 aliphatic carbocycles. The number of morpholine rings is 1. The Balaban J connectivity index is 1.96. The van der Waals surface area contributed by atoms with E-state index in [4.69, 9.17) is 15.2 Å². The van der Waals surface area contributed by atoms with Gasteiger partial charge in [0.15, 0.2) is 0 Å². The first-order valence-corrected chi connectivity index (χ1v) is 7.95. The number of carbonyl (C=O) groups is 1. The number of aryl methyl sites for hydroxylation is 1. The number of carbonyl (C=O) groups excluding carboxylic acids is 1. The van der Waals surface area contributed by atoms with Gasteiger partial charge in [0.1, 0.15) is 11.9 Å². The molecule has 0 aromatic carbocycles. The number of aromatic nitrogens is 1. The topological polar surface area (TPSA) is 89.7 Å². The van der Waals surface area contributed by atoms with Crippen molar-refractivity contribution in [2.75, 3.05) is 43.1 Å². The summed E-state index contributed by atoms with van der Waals surface area (Å²) in [6.45, 7) is 8.96. The molecule has 0 spiro atoms. The number of hydrogen-bond acceptors (Lipinski definition) is 6. The minimum absolute atomic E-state index is 0.0464. The molecule has 0 radical (unpaired) electrons. The molecule has 7 heteroatoms. The Morgan fingerprint density at radius 2 is 2.13 bits per heavy atom. The van der Waals surface area contributed by atoms with Crippen molar-refractivity contribution in [3.8, 4) is 0 Å². The highest BCUT2D eigenvalue weighted by Gasteiger charge is 2.17. The van der Waals surface area contributed by atoms with Crippen LogP contribution in [-0.4, -0.2) is 55.9 Å². The fourth-order valence-corrected chi connectivity index (χ4v) is 2.25. The van der Waals surface area contributed by atoms with Crippen molar-refractivity contribution < 1.29 is 14.3 Å². The number of amides is 1. The lowest BCUT2D eigenvalue weighted by atomic mass is 10.2. The largest absolute Gasteiger partial charge is 0.378 e. The van der Waals surface area contributed by atoms with Gasteiger partial charge in [0.2, 0.25) is 5.91 Å². The molecule has 1 aliphatic heterocycles. The molecule has 2 heterocycles. The van der Waals surface area contributed by atoms with E-state index in [1.165, 1.54) is 0 Å². The Labute approximate surface area is 137 Å². The SMILES string of the molecule is Cc1nc(N2CCOCC2)ccc1NC(=O)[C@@H](N)COC(C)C. The first kappa shape index (κ1) is 17.7. The molecule has 1 saturated heterocycles. The summed E-state index contributed by atoms with van der Waals surface area (Å²) >= 11 is 0. The molecule has 7 nitrogen and oxygen atoms in total. The Kier molecular flexibility index (Phi) is 6.32. The van der Waals surface area contributed by atoms with Crippen LogP contribution in [0.4, 0.5) is 11.5 Å². The molecular formula is C16H26N4O3. The monoisotopic (exact) mass is 322 g/mol. The molecule has 0 saturated carbocycles. The summed E-state index contributed by atoms with van der Waals surface area (Å²) < 4.78 is 10.7. The van der Waals surface area contributed by atoms with Crippen molar-refractivity contribution in [2.24, 2.45) is 5.73 Å². The van der Waals surface area contributed by atoms with Gasteiger partial charge in [0.05, 0.1) is 37.3 Å². The van der Waals surface area contributed by atoms with Gasteiger partial charge in [-0.2, -0.15) is 0 Å². The third-order valence-corrected chi connectivity index (χ3v) is 3.61. The van der Waals surface area contributed by atoms with Gasteiger partial charge in [-0.3, -0.25) is 4.79 Å². The van der Waals surface area contributed by atoms with Crippen LogP contribution in [0.25, 0.3) is 0 Å². The predicted octanol–water partition coefficient (Wildman–Crippen LogP) is 0.917. The van der Waals surface area contributed by atoms with Gasteiger partial charge >= 0.3 is 0 Å². The molecule has 1 fully saturated rings. The van der Waals surface area contributed by atoms with E-state index in [1.807, 2.05) is 32.9 Å². The minimum Gasteiger partial charge on any atom is -0.378 e. The van der Waals surface area contributed by atoms with E-state index in [9.17, 15) is 4.79 Å². The number of rotatable bonds is 6. The number of nitrogens with two attached hydrogens (primary N) is 1. The number of nitrogens with one attached hydrogen (secondary N) is 1. The summed E-state index contributed by atoms with van der Waals surface area (Å²) in [6.07, 6.45) is 0.0464. The van der Waals surface area contributed by atoms with Crippen LogP contribution in [0.1, 0.15) is 19.5 Å². The first-order valence-electron chi connectivity index (χ1n) is 7.95. The fraction of sp³-hybridized carbons (Fsp3) is 0.625. The normalized spacial score (nSPS) is 16.5. The third kappa shape index (κ3) is 5.16. The van der Waals surface area contributed by atoms with Gasteiger partial charge in [0, 0.05) is 13.1 Å². The van der Waals surface area contributed by atoms with E-state index in [2.05, 4.69) is 15.2 Å². The van der Waals surface area contributed by atoms with Crippen LogP contribution in [0.3, 0.4) is 0 Å². The smallest absolute Gasteiger partial charge is 0.243 e. The Hall–Kier alpha value is -1.70.